The molecule has 1 aromatic carbocycles. The van der Waals surface area contributed by atoms with Gasteiger partial charge in [0, 0.05) is 12.2 Å². The molecular weight excluding hydrogens is 191 g/mol. The molecule has 3 heteroatoms. The summed E-state index contributed by atoms with van der Waals surface area (Å²) in [4.78, 5) is 0. The van der Waals surface area contributed by atoms with Crippen LogP contribution in [0.5, 0.6) is 0 Å². The minimum Gasteiger partial charge on any atom is -0.383 e. The van der Waals surface area contributed by atoms with Crippen LogP contribution in [0.4, 0.5) is 10.1 Å². The van der Waals surface area contributed by atoms with Crippen LogP contribution in [-0.2, 0) is 0 Å². The van der Waals surface area contributed by atoms with Crippen molar-refractivity contribution in [3.8, 4) is 0 Å². The van der Waals surface area contributed by atoms with Gasteiger partial charge >= 0.3 is 0 Å². The molecule has 1 aliphatic carbocycles. The summed E-state index contributed by atoms with van der Waals surface area (Å²) in [6, 6.07) is 5.26. The third kappa shape index (κ3) is 1.84. The van der Waals surface area contributed by atoms with E-state index in [4.69, 9.17) is 0 Å². The smallest absolute Gasteiger partial charge is 0.123 e. The van der Waals surface area contributed by atoms with E-state index >= 15 is 0 Å². The Kier molecular flexibility index (Phi) is 2.13. The summed E-state index contributed by atoms with van der Waals surface area (Å²) in [7, 11) is 0. The summed E-state index contributed by atoms with van der Waals surface area (Å²) in [5.41, 5.74) is 2.15. The van der Waals surface area contributed by atoms with Crippen molar-refractivity contribution in [2.75, 3.05) is 18.4 Å². The summed E-state index contributed by atoms with van der Waals surface area (Å²) in [6.07, 6.45) is 2.70. The SMILES string of the molecule is Fc1ccc2c(c1)[C@H](NCC1CC1)CN2. The van der Waals surface area contributed by atoms with E-state index in [0.29, 0.717) is 0 Å². The zero-order chi connectivity index (χ0) is 10.3. The van der Waals surface area contributed by atoms with Gasteiger partial charge < -0.3 is 10.6 Å². The van der Waals surface area contributed by atoms with Crippen molar-refractivity contribution in [1.82, 2.24) is 5.32 Å². The molecule has 0 saturated heterocycles. The summed E-state index contributed by atoms with van der Waals surface area (Å²) in [5, 5.41) is 6.79. The second-order valence-electron chi connectivity index (χ2n) is 4.52. The summed E-state index contributed by atoms with van der Waals surface area (Å²) < 4.78 is 13.1. The molecule has 0 radical (unpaired) electrons. The maximum Gasteiger partial charge on any atom is 0.123 e. The van der Waals surface area contributed by atoms with Gasteiger partial charge in [-0.3, -0.25) is 0 Å². The van der Waals surface area contributed by atoms with Crippen molar-refractivity contribution in [3.63, 3.8) is 0 Å². The van der Waals surface area contributed by atoms with Gasteiger partial charge in [-0.2, -0.15) is 0 Å². The van der Waals surface area contributed by atoms with Crippen molar-refractivity contribution < 1.29 is 4.39 Å². The molecule has 0 bridgehead atoms. The molecule has 1 aromatic rings. The van der Waals surface area contributed by atoms with E-state index in [-0.39, 0.29) is 11.9 Å². The van der Waals surface area contributed by atoms with Crippen molar-refractivity contribution >= 4 is 5.69 Å². The molecule has 2 N–H and O–H groups in total. The van der Waals surface area contributed by atoms with Crippen LogP contribution in [0.1, 0.15) is 24.4 Å². The highest BCUT2D eigenvalue weighted by atomic mass is 19.1. The van der Waals surface area contributed by atoms with Crippen molar-refractivity contribution in [2.45, 2.75) is 18.9 Å². The fraction of sp³-hybridized carbons (Fsp3) is 0.500. The van der Waals surface area contributed by atoms with Gasteiger partial charge in [-0.1, -0.05) is 0 Å². The van der Waals surface area contributed by atoms with Crippen LogP contribution in [0.2, 0.25) is 0 Å². The predicted octanol–water partition coefficient (Wildman–Crippen LogP) is 2.29. The lowest BCUT2D eigenvalue weighted by atomic mass is 10.1. The molecule has 2 aliphatic rings. The van der Waals surface area contributed by atoms with Gasteiger partial charge in [0.25, 0.3) is 0 Å². The lowest BCUT2D eigenvalue weighted by molar-refractivity contribution is 0.543. The van der Waals surface area contributed by atoms with Crippen LogP contribution in [0.25, 0.3) is 0 Å². The van der Waals surface area contributed by atoms with Gasteiger partial charge in [0.1, 0.15) is 5.82 Å². The van der Waals surface area contributed by atoms with E-state index in [1.165, 1.54) is 18.9 Å². The number of halogens is 1. The molecule has 0 spiro atoms. The molecule has 1 atom stereocenters. The highest BCUT2D eigenvalue weighted by Crippen LogP contribution is 2.32. The van der Waals surface area contributed by atoms with E-state index in [1.54, 1.807) is 6.07 Å². The fourth-order valence-corrected chi connectivity index (χ4v) is 2.12. The summed E-state index contributed by atoms with van der Waals surface area (Å²) >= 11 is 0. The third-order valence-electron chi connectivity index (χ3n) is 3.24. The van der Waals surface area contributed by atoms with E-state index in [9.17, 15) is 4.39 Å². The van der Waals surface area contributed by atoms with Gasteiger partial charge in [0.05, 0.1) is 6.04 Å². The number of rotatable bonds is 3. The summed E-state index contributed by atoms with van der Waals surface area (Å²) in [6.45, 7) is 1.95. The van der Waals surface area contributed by atoms with Crippen LogP contribution in [-0.4, -0.2) is 13.1 Å². The van der Waals surface area contributed by atoms with Crippen LogP contribution >= 0.6 is 0 Å². The Labute approximate surface area is 88.9 Å². The number of hydrogen-bond acceptors (Lipinski definition) is 2. The minimum atomic E-state index is -0.143. The topological polar surface area (TPSA) is 24.1 Å². The highest BCUT2D eigenvalue weighted by Gasteiger charge is 2.26. The zero-order valence-electron chi connectivity index (χ0n) is 8.59. The maximum absolute atomic E-state index is 13.1. The molecule has 0 unspecified atom stereocenters. The molecular formula is C12H15FN2. The molecule has 0 amide bonds. The largest absolute Gasteiger partial charge is 0.383 e. The second kappa shape index (κ2) is 3.49. The number of benzene rings is 1. The van der Waals surface area contributed by atoms with Gasteiger partial charge in [0.2, 0.25) is 0 Å². The fourth-order valence-electron chi connectivity index (χ4n) is 2.12. The first-order chi connectivity index (χ1) is 7.33. The first kappa shape index (κ1) is 9.16. The molecule has 1 fully saturated rings. The van der Waals surface area contributed by atoms with Crippen LogP contribution in [0.15, 0.2) is 18.2 Å². The normalized spacial score (nSPS) is 23.7. The average molecular weight is 206 g/mol. The van der Waals surface area contributed by atoms with E-state index in [1.807, 2.05) is 6.07 Å². The first-order valence-electron chi connectivity index (χ1n) is 5.59. The molecule has 1 aliphatic heterocycles. The maximum atomic E-state index is 13.1. The van der Waals surface area contributed by atoms with E-state index in [0.717, 1.165) is 30.3 Å². The Morgan fingerprint density at radius 1 is 1.40 bits per heavy atom. The van der Waals surface area contributed by atoms with Gasteiger partial charge in [-0.25, -0.2) is 4.39 Å². The zero-order valence-corrected chi connectivity index (χ0v) is 8.59. The Hall–Kier alpha value is -1.09. The van der Waals surface area contributed by atoms with Crippen molar-refractivity contribution in [3.05, 3.63) is 29.6 Å². The Balaban J connectivity index is 1.74. The number of anilines is 1. The second-order valence-corrected chi connectivity index (χ2v) is 4.52. The minimum absolute atomic E-state index is 0.143. The predicted molar refractivity (Wildman–Crippen MR) is 58.4 cm³/mol. The monoisotopic (exact) mass is 206 g/mol. The van der Waals surface area contributed by atoms with Crippen LogP contribution < -0.4 is 10.6 Å². The molecule has 3 rings (SSSR count). The quantitative estimate of drug-likeness (QED) is 0.793. The Morgan fingerprint density at radius 3 is 3.07 bits per heavy atom. The Morgan fingerprint density at radius 2 is 2.27 bits per heavy atom. The van der Waals surface area contributed by atoms with Crippen LogP contribution in [0.3, 0.4) is 0 Å². The molecule has 80 valence electrons. The highest BCUT2D eigenvalue weighted by molar-refractivity contribution is 5.57. The van der Waals surface area contributed by atoms with Gasteiger partial charge in [0.15, 0.2) is 0 Å². The average Bonchev–Trinajstić information content (AvgIpc) is 2.97. The molecule has 1 saturated carbocycles. The molecule has 1 heterocycles. The van der Waals surface area contributed by atoms with E-state index < -0.39 is 0 Å². The Bertz CT molecular complexity index is 374. The third-order valence-corrected chi connectivity index (χ3v) is 3.24. The van der Waals surface area contributed by atoms with E-state index in [2.05, 4.69) is 10.6 Å². The molecule has 2 nitrogen and oxygen atoms in total. The molecule has 15 heavy (non-hydrogen) atoms. The lowest BCUT2D eigenvalue weighted by Crippen LogP contribution is -2.24. The van der Waals surface area contributed by atoms with Crippen molar-refractivity contribution in [1.29, 1.82) is 0 Å². The van der Waals surface area contributed by atoms with Gasteiger partial charge in [-0.05, 0) is 49.1 Å². The first-order valence-corrected chi connectivity index (χ1v) is 5.59. The van der Waals surface area contributed by atoms with Crippen molar-refractivity contribution in [2.24, 2.45) is 5.92 Å². The molecule has 0 aromatic heterocycles. The summed E-state index contributed by atoms with van der Waals surface area (Å²) in [5.74, 6) is 0.721. The lowest BCUT2D eigenvalue weighted by Gasteiger charge is -2.12. The number of hydrogen-bond donors (Lipinski definition) is 2. The number of fused-ring (bicyclic) bond motifs is 1. The standard InChI is InChI=1S/C12H15FN2/c13-9-3-4-11-10(5-9)12(7-15-11)14-6-8-1-2-8/h3-5,8,12,14-15H,1-2,6-7H2/t12-/m1/s1. The number of nitrogens with one attached hydrogen (secondary N) is 2. The van der Waals surface area contributed by atoms with Gasteiger partial charge in [-0.15, -0.1) is 0 Å². The van der Waals surface area contributed by atoms with Crippen LogP contribution in [0, 0.1) is 11.7 Å².